The minimum atomic E-state index is -0.442. The van der Waals surface area contributed by atoms with Crippen LogP contribution in [0.3, 0.4) is 0 Å². The maximum absolute atomic E-state index is 13.2. The smallest absolute Gasteiger partial charge is 0.250 e. The molecule has 2 saturated heterocycles. The third-order valence-corrected chi connectivity index (χ3v) is 6.20. The highest BCUT2D eigenvalue weighted by Crippen LogP contribution is 2.38. The molecular weight excluding hydrogens is 326 g/mol. The van der Waals surface area contributed by atoms with Gasteiger partial charge >= 0.3 is 0 Å². The number of hydrogen-bond donors (Lipinski definition) is 1. The van der Waals surface area contributed by atoms with Crippen LogP contribution < -0.4 is 0 Å². The van der Waals surface area contributed by atoms with E-state index < -0.39 is 6.04 Å². The minimum Gasteiger partial charge on any atom is -0.357 e. The summed E-state index contributed by atoms with van der Waals surface area (Å²) in [5.41, 5.74) is 3.14. The molecule has 5 heteroatoms. The van der Waals surface area contributed by atoms with Crippen LogP contribution in [0.1, 0.15) is 37.9 Å². The lowest BCUT2D eigenvalue weighted by Gasteiger charge is -2.42. The molecule has 26 heavy (non-hydrogen) atoms. The second-order valence-electron chi connectivity index (χ2n) is 8.22. The van der Waals surface area contributed by atoms with Gasteiger partial charge in [-0.3, -0.25) is 9.59 Å². The summed E-state index contributed by atoms with van der Waals surface area (Å²) in [5.74, 6) is 0.162. The van der Waals surface area contributed by atoms with Crippen LogP contribution in [0.5, 0.6) is 0 Å². The lowest BCUT2D eigenvalue weighted by atomic mass is 9.82. The van der Waals surface area contributed by atoms with Crippen molar-refractivity contribution in [3.63, 3.8) is 0 Å². The SMILES string of the molecule is CC1(C)/C=C\N2C(=O)[C@@H]3CCCN3C(=O)[C@@H]2Cc2c1[nH]c1ccccc21. The van der Waals surface area contributed by atoms with E-state index in [1.54, 1.807) is 9.80 Å². The number of fused-ring (bicyclic) bond motifs is 5. The molecule has 0 bridgehead atoms. The van der Waals surface area contributed by atoms with E-state index in [4.69, 9.17) is 0 Å². The quantitative estimate of drug-likeness (QED) is 0.795. The zero-order valence-electron chi connectivity index (χ0n) is 15.2. The number of nitrogens with zero attached hydrogens (tertiary/aromatic N) is 2. The Labute approximate surface area is 152 Å². The molecule has 2 amide bonds. The summed E-state index contributed by atoms with van der Waals surface area (Å²) in [6.45, 7) is 5.00. The van der Waals surface area contributed by atoms with E-state index in [0.717, 1.165) is 35.0 Å². The van der Waals surface area contributed by atoms with E-state index in [1.165, 1.54) is 0 Å². The molecule has 1 N–H and O–H groups in total. The fourth-order valence-electron chi connectivity index (χ4n) is 4.79. The number of rotatable bonds is 0. The monoisotopic (exact) mass is 349 g/mol. The number of H-pyrrole nitrogens is 1. The van der Waals surface area contributed by atoms with Crippen LogP contribution >= 0.6 is 0 Å². The number of nitrogens with one attached hydrogen (secondary N) is 1. The normalized spacial score (nSPS) is 28.4. The van der Waals surface area contributed by atoms with Crippen molar-refractivity contribution in [2.45, 2.75) is 50.6 Å². The van der Waals surface area contributed by atoms with Gasteiger partial charge in [0.15, 0.2) is 0 Å². The Balaban J connectivity index is 1.69. The van der Waals surface area contributed by atoms with Gasteiger partial charge in [0.25, 0.3) is 0 Å². The number of carbonyl (C=O) groups excluding carboxylic acids is 2. The maximum atomic E-state index is 13.2. The van der Waals surface area contributed by atoms with E-state index in [1.807, 2.05) is 18.3 Å². The van der Waals surface area contributed by atoms with Crippen molar-refractivity contribution in [1.29, 1.82) is 0 Å². The van der Waals surface area contributed by atoms with Crippen LogP contribution in [0.2, 0.25) is 0 Å². The summed E-state index contributed by atoms with van der Waals surface area (Å²) in [5, 5.41) is 1.15. The molecule has 1 aromatic heterocycles. The van der Waals surface area contributed by atoms with Gasteiger partial charge in [-0.05, 0) is 24.5 Å². The summed E-state index contributed by atoms with van der Waals surface area (Å²) in [6.07, 6.45) is 6.17. The molecular formula is C21H23N3O2. The average Bonchev–Trinajstić information content (AvgIpc) is 3.23. The molecule has 2 atom stereocenters. The molecule has 5 rings (SSSR count). The lowest BCUT2D eigenvalue weighted by molar-refractivity contribution is -0.156. The number of benzene rings is 1. The molecule has 0 radical (unpaired) electrons. The third kappa shape index (κ3) is 2.03. The molecule has 4 heterocycles. The molecule has 0 aliphatic carbocycles. The number of para-hydroxylation sites is 1. The Bertz CT molecular complexity index is 955. The molecule has 0 spiro atoms. The van der Waals surface area contributed by atoms with Gasteiger partial charge in [0.2, 0.25) is 11.8 Å². The van der Waals surface area contributed by atoms with Gasteiger partial charge in [-0.1, -0.05) is 38.1 Å². The van der Waals surface area contributed by atoms with Gasteiger partial charge in [0.1, 0.15) is 12.1 Å². The number of allylic oxidation sites excluding steroid dienone is 1. The van der Waals surface area contributed by atoms with Crippen LogP contribution in [0, 0.1) is 0 Å². The van der Waals surface area contributed by atoms with Crippen LogP contribution in [-0.4, -0.2) is 45.2 Å². The second-order valence-corrected chi connectivity index (χ2v) is 8.22. The molecule has 3 aliphatic rings. The Morgan fingerprint density at radius 1 is 1.12 bits per heavy atom. The van der Waals surface area contributed by atoms with Crippen LogP contribution in [0.4, 0.5) is 0 Å². The highest BCUT2D eigenvalue weighted by atomic mass is 16.2. The molecule has 134 valence electrons. The van der Waals surface area contributed by atoms with Crippen LogP contribution in [-0.2, 0) is 21.4 Å². The average molecular weight is 349 g/mol. The van der Waals surface area contributed by atoms with Gasteiger partial charge in [-0.25, -0.2) is 0 Å². The second kappa shape index (κ2) is 5.22. The number of aromatic amines is 1. The first-order chi connectivity index (χ1) is 12.5. The van der Waals surface area contributed by atoms with Gasteiger partial charge in [-0.2, -0.15) is 0 Å². The summed E-state index contributed by atoms with van der Waals surface area (Å²) in [4.78, 5) is 33.3. The molecule has 3 aliphatic heterocycles. The number of hydrogen-bond acceptors (Lipinski definition) is 2. The third-order valence-electron chi connectivity index (χ3n) is 6.20. The Morgan fingerprint density at radius 2 is 1.92 bits per heavy atom. The Hall–Kier alpha value is -2.56. The van der Waals surface area contributed by atoms with Crippen molar-refractivity contribution < 1.29 is 9.59 Å². The number of aromatic nitrogens is 1. The predicted octanol–water partition coefficient (Wildman–Crippen LogP) is 2.72. The lowest BCUT2D eigenvalue weighted by Crippen LogP contribution is -2.62. The first-order valence-electron chi connectivity index (χ1n) is 9.39. The molecule has 0 saturated carbocycles. The van der Waals surface area contributed by atoms with E-state index in [-0.39, 0.29) is 23.3 Å². The Morgan fingerprint density at radius 3 is 2.77 bits per heavy atom. The summed E-state index contributed by atoms with van der Waals surface area (Å²) in [7, 11) is 0. The first-order valence-corrected chi connectivity index (χ1v) is 9.39. The maximum Gasteiger partial charge on any atom is 0.250 e. The van der Waals surface area contributed by atoms with Gasteiger partial charge in [0.05, 0.1) is 0 Å². The highest BCUT2D eigenvalue weighted by Gasteiger charge is 2.48. The number of carbonyl (C=O) groups is 2. The molecule has 2 fully saturated rings. The zero-order valence-corrected chi connectivity index (χ0v) is 15.2. The number of amides is 2. The van der Waals surface area contributed by atoms with E-state index in [0.29, 0.717) is 13.0 Å². The van der Waals surface area contributed by atoms with Crippen molar-refractivity contribution >= 4 is 22.7 Å². The highest BCUT2D eigenvalue weighted by molar-refractivity contribution is 5.99. The van der Waals surface area contributed by atoms with E-state index in [9.17, 15) is 9.59 Å². The van der Waals surface area contributed by atoms with E-state index in [2.05, 4.69) is 37.0 Å². The standard InChI is InChI=1S/C21H23N3O2/c1-21(2)9-11-24-17(20(26)23-10-5-8-16(23)19(24)25)12-14-13-6-3-4-7-15(13)22-18(14)21/h3-4,6-7,9,11,16-17,22H,5,8,10,12H2,1-2H3/b11-9-/t16-,17-/m0/s1. The van der Waals surface area contributed by atoms with Gasteiger partial charge in [0, 0.05) is 41.2 Å². The Kier molecular flexibility index (Phi) is 3.15. The molecule has 0 unspecified atom stereocenters. The van der Waals surface area contributed by atoms with Crippen molar-refractivity contribution in [2.75, 3.05) is 6.54 Å². The minimum absolute atomic E-state index is 0.0717. The summed E-state index contributed by atoms with van der Waals surface area (Å²) < 4.78 is 0. The fourth-order valence-corrected chi connectivity index (χ4v) is 4.79. The zero-order chi connectivity index (χ0) is 18.1. The van der Waals surface area contributed by atoms with Crippen molar-refractivity contribution in [2.24, 2.45) is 0 Å². The molecule has 1 aromatic carbocycles. The van der Waals surface area contributed by atoms with E-state index >= 15 is 0 Å². The fraction of sp³-hybridized carbons (Fsp3) is 0.429. The molecule has 5 nitrogen and oxygen atoms in total. The van der Waals surface area contributed by atoms with Crippen LogP contribution in [0.25, 0.3) is 10.9 Å². The predicted molar refractivity (Wildman–Crippen MR) is 99.5 cm³/mol. The van der Waals surface area contributed by atoms with Gasteiger partial charge < -0.3 is 14.8 Å². The molecule has 2 aromatic rings. The number of piperazine rings is 1. The van der Waals surface area contributed by atoms with Gasteiger partial charge in [-0.15, -0.1) is 0 Å². The summed E-state index contributed by atoms with van der Waals surface area (Å²) in [6, 6.07) is 7.51. The van der Waals surface area contributed by atoms with Crippen molar-refractivity contribution in [1.82, 2.24) is 14.8 Å². The topological polar surface area (TPSA) is 56.4 Å². The largest absolute Gasteiger partial charge is 0.357 e. The van der Waals surface area contributed by atoms with Crippen LogP contribution in [0.15, 0.2) is 36.5 Å². The first kappa shape index (κ1) is 15.7. The van der Waals surface area contributed by atoms with Crippen molar-refractivity contribution in [3.05, 3.63) is 47.8 Å². The van der Waals surface area contributed by atoms with Crippen molar-refractivity contribution in [3.8, 4) is 0 Å². The summed E-state index contributed by atoms with van der Waals surface area (Å²) >= 11 is 0.